The number of thiophene rings is 1. The lowest BCUT2D eigenvalue weighted by Crippen LogP contribution is -2.29. The van der Waals surface area contributed by atoms with Crippen LogP contribution in [0.5, 0.6) is 11.5 Å². The molecule has 1 saturated carbocycles. The van der Waals surface area contributed by atoms with E-state index in [1.54, 1.807) is 36.5 Å². The van der Waals surface area contributed by atoms with Crippen LogP contribution in [-0.2, 0) is 29.0 Å². The third-order valence-electron chi connectivity index (χ3n) is 8.84. The number of hydrogen-bond acceptors (Lipinski definition) is 7. The van der Waals surface area contributed by atoms with Gasteiger partial charge in [-0.25, -0.2) is 13.8 Å². The summed E-state index contributed by atoms with van der Waals surface area (Å²) in [4.78, 5) is 38.7. The van der Waals surface area contributed by atoms with E-state index in [1.807, 2.05) is 18.6 Å². The highest BCUT2D eigenvalue weighted by Crippen LogP contribution is 2.49. The Morgan fingerprint density at radius 1 is 0.889 bits per heavy atom. The molecule has 7 nitrogen and oxygen atoms in total. The van der Waals surface area contributed by atoms with Crippen molar-refractivity contribution in [2.45, 2.75) is 45.1 Å². The van der Waals surface area contributed by atoms with Crippen molar-refractivity contribution < 1.29 is 23.1 Å². The molecule has 0 unspecified atom stereocenters. The number of imidazole rings is 1. The van der Waals surface area contributed by atoms with E-state index in [1.165, 1.54) is 42.4 Å². The number of Topliss-reactive ketones (excluding diaryl/α,β-unsaturated/α-hetero) is 2. The van der Waals surface area contributed by atoms with Gasteiger partial charge < -0.3 is 14.2 Å². The molecule has 2 aromatic carbocycles. The number of halogens is 2. The number of hydrogen-bond donors (Lipinski definition) is 0. The Labute approximate surface area is 263 Å². The first-order valence-corrected chi connectivity index (χ1v) is 16.1. The van der Waals surface area contributed by atoms with Gasteiger partial charge in [-0.3, -0.25) is 14.6 Å². The number of rotatable bonds is 12. The van der Waals surface area contributed by atoms with Crippen molar-refractivity contribution in [3.8, 4) is 22.1 Å². The molecule has 1 saturated heterocycles. The van der Waals surface area contributed by atoms with Gasteiger partial charge in [0.15, 0.2) is 23.1 Å². The molecule has 10 heteroatoms. The summed E-state index contributed by atoms with van der Waals surface area (Å²) in [6, 6.07) is 14.2. The molecule has 230 valence electrons. The van der Waals surface area contributed by atoms with E-state index in [0.717, 1.165) is 47.0 Å². The lowest BCUT2D eigenvalue weighted by Gasteiger charge is -2.14. The van der Waals surface area contributed by atoms with Crippen molar-refractivity contribution >= 4 is 33.1 Å². The van der Waals surface area contributed by atoms with E-state index >= 15 is 4.39 Å². The summed E-state index contributed by atoms with van der Waals surface area (Å²) in [5, 5.41) is 0. The fourth-order valence-corrected chi connectivity index (χ4v) is 7.05. The standard InChI is InChI=1S/C35H32F2N4O3S/c36-25-6-2-1-5-24(25)19-33(43)35(10-11-35)32(42)18-23-7-8-29(26(37)17-23)44-30-9-12-38-27-20-31(45-34(27)30)28-21-41(22-39-28)16-15-40-13-3-4-14-40/h1-2,5-9,12,17,20-22H,3-4,10-11,13-16,18-19H2. The zero-order valence-electron chi connectivity index (χ0n) is 24.7. The number of carbonyl (C=O) groups excluding carboxylic acids is 2. The van der Waals surface area contributed by atoms with Gasteiger partial charge in [-0.1, -0.05) is 24.3 Å². The van der Waals surface area contributed by atoms with E-state index in [9.17, 15) is 14.0 Å². The summed E-state index contributed by atoms with van der Waals surface area (Å²) < 4.78 is 38.3. The van der Waals surface area contributed by atoms with Crippen LogP contribution in [0.15, 0.2) is 73.3 Å². The highest BCUT2D eigenvalue weighted by atomic mass is 32.1. The quantitative estimate of drug-likeness (QED) is 0.139. The fourth-order valence-electron chi connectivity index (χ4n) is 6.03. The Morgan fingerprint density at radius 3 is 2.47 bits per heavy atom. The van der Waals surface area contributed by atoms with E-state index in [-0.39, 0.29) is 35.7 Å². The van der Waals surface area contributed by atoms with Crippen LogP contribution >= 0.6 is 11.3 Å². The highest BCUT2D eigenvalue weighted by molar-refractivity contribution is 7.22. The number of carbonyl (C=O) groups is 2. The van der Waals surface area contributed by atoms with Crippen LogP contribution in [0.1, 0.15) is 36.8 Å². The molecular formula is C35H32F2N4O3S. The van der Waals surface area contributed by atoms with Crippen LogP contribution in [0.2, 0.25) is 0 Å². The highest BCUT2D eigenvalue weighted by Gasteiger charge is 2.54. The summed E-state index contributed by atoms with van der Waals surface area (Å²) in [7, 11) is 0. The van der Waals surface area contributed by atoms with Crippen molar-refractivity contribution in [1.29, 1.82) is 0 Å². The summed E-state index contributed by atoms with van der Waals surface area (Å²) in [6.07, 6.45) is 8.71. The second kappa shape index (κ2) is 12.3. The van der Waals surface area contributed by atoms with Crippen molar-refractivity contribution in [3.63, 3.8) is 0 Å². The second-order valence-electron chi connectivity index (χ2n) is 11.9. The maximum Gasteiger partial charge on any atom is 0.166 e. The smallest absolute Gasteiger partial charge is 0.166 e. The summed E-state index contributed by atoms with van der Waals surface area (Å²) >= 11 is 1.49. The van der Waals surface area contributed by atoms with Crippen LogP contribution in [0, 0.1) is 17.0 Å². The molecule has 0 spiro atoms. The lowest BCUT2D eigenvalue weighted by atomic mass is 9.87. The molecule has 0 amide bonds. The zero-order valence-corrected chi connectivity index (χ0v) is 25.5. The van der Waals surface area contributed by atoms with E-state index in [0.29, 0.717) is 24.2 Å². The Morgan fingerprint density at radius 2 is 1.69 bits per heavy atom. The SMILES string of the molecule is O=C(Cc1ccc(Oc2ccnc3cc(-c4cn(CCN5CCCC5)cn4)sc23)c(F)c1)C1(C(=O)Cc2ccccc2F)CC1. The van der Waals surface area contributed by atoms with Gasteiger partial charge in [0.05, 0.1) is 32.5 Å². The van der Waals surface area contributed by atoms with Crippen LogP contribution in [-0.4, -0.2) is 50.6 Å². The van der Waals surface area contributed by atoms with Gasteiger partial charge >= 0.3 is 0 Å². The first-order valence-electron chi connectivity index (χ1n) is 15.3. The second-order valence-corrected chi connectivity index (χ2v) is 13.0. The minimum absolute atomic E-state index is 0.0246. The molecule has 7 rings (SSSR count). The largest absolute Gasteiger partial charge is 0.453 e. The van der Waals surface area contributed by atoms with Crippen LogP contribution in [0.25, 0.3) is 20.8 Å². The van der Waals surface area contributed by atoms with Gasteiger partial charge in [0.25, 0.3) is 0 Å². The van der Waals surface area contributed by atoms with Gasteiger partial charge in [-0.05, 0) is 74.2 Å². The monoisotopic (exact) mass is 626 g/mol. The number of aromatic nitrogens is 3. The van der Waals surface area contributed by atoms with E-state index < -0.39 is 17.0 Å². The van der Waals surface area contributed by atoms with Crippen molar-refractivity contribution in [1.82, 2.24) is 19.4 Å². The number of likely N-dealkylation sites (tertiary alicyclic amines) is 1. The molecule has 1 aliphatic carbocycles. The molecule has 3 aromatic heterocycles. The van der Waals surface area contributed by atoms with Gasteiger partial charge in [0, 0.05) is 44.4 Å². The number of fused-ring (bicyclic) bond motifs is 1. The predicted molar refractivity (Wildman–Crippen MR) is 168 cm³/mol. The third kappa shape index (κ3) is 6.17. The molecular weight excluding hydrogens is 594 g/mol. The number of ketones is 2. The average molecular weight is 627 g/mol. The van der Waals surface area contributed by atoms with Crippen LogP contribution in [0.4, 0.5) is 8.78 Å². The van der Waals surface area contributed by atoms with Crippen molar-refractivity contribution in [3.05, 3.63) is 96.1 Å². The molecule has 2 fully saturated rings. The zero-order chi connectivity index (χ0) is 31.0. The Bertz CT molecular complexity index is 1890. The minimum Gasteiger partial charge on any atom is -0.453 e. The molecule has 0 bridgehead atoms. The van der Waals surface area contributed by atoms with Crippen molar-refractivity contribution in [2.75, 3.05) is 19.6 Å². The molecule has 4 heterocycles. The van der Waals surface area contributed by atoms with Crippen molar-refractivity contribution in [2.24, 2.45) is 5.41 Å². The van der Waals surface area contributed by atoms with Gasteiger partial charge in [0.1, 0.15) is 11.6 Å². The first-order chi connectivity index (χ1) is 21.9. The Kier molecular flexibility index (Phi) is 8.01. The van der Waals surface area contributed by atoms with E-state index in [4.69, 9.17) is 4.74 Å². The normalized spacial score (nSPS) is 15.9. The summed E-state index contributed by atoms with van der Waals surface area (Å²) in [5.41, 5.74) is 1.20. The Hall–Kier alpha value is -4.28. The van der Waals surface area contributed by atoms with Gasteiger partial charge in [-0.15, -0.1) is 11.3 Å². The summed E-state index contributed by atoms with van der Waals surface area (Å²) in [6.45, 7) is 4.22. The average Bonchev–Trinajstić information content (AvgIpc) is 3.36. The van der Waals surface area contributed by atoms with Crippen LogP contribution in [0.3, 0.4) is 0 Å². The minimum atomic E-state index is -1.11. The fraction of sp³-hybridized carbons (Fsp3) is 0.314. The van der Waals surface area contributed by atoms with Gasteiger partial charge in [-0.2, -0.15) is 0 Å². The number of benzene rings is 2. The molecule has 2 aliphatic rings. The molecule has 1 aliphatic heterocycles. The molecule has 0 radical (unpaired) electrons. The number of nitrogens with zero attached hydrogens (tertiary/aromatic N) is 4. The number of pyridine rings is 1. The maximum absolute atomic E-state index is 15.3. The lowest BCUT2D eigenvalue weighted by molar-refractivity contribution is -0.133. The van der Waals surface area contributed by atoms with E-state index in [2.05, 4.69) is 19.4 Å². The molecule has 0 N–H and O–H groups in total. The third-order valence-corrected chi connectivity index (χ3v) is 10.0. The number of ether oxygens (including phenoxy) is 1. The first kappa shape index (κ1) is 29.4. The molecule has 0 atom stereocenters. The van der Waals surface area contributed by atoms with Crippen LogP contribution < -0.4 is 4.74 Å². The Balaban J connectivity index is 1.02. The maximum atomic E-state index is 15.3. The molecule has 5 aromatic rings. The van der Waals surface area contributed by atoms with Gasteiger partial charge in [0.2, 0.25) is 0 Å². The predicted octanol–water partition coefficient (Wildman–Crippen LogP) is 7.03. The summed E-state index contributed by atoms with van der Waals surface area (Å²) in [5.74, 6) is -1.13. The molecule has 45 heavy (non-hydrogen) atoms. The topological polar surface area (TPSA) is 77.3 Å².